The third-order valence-electron chi connectivity index (χ3n) is 4.04. The van der Waals surface area contributed by atoms with Crippen molar-refractivity contribution in [2.75, 3.05) is 4.72 Å². The van der Waals surface area contributed by atoms with Crippen LogP contribution in [0.1, 0.15) is 28.2 Å². The number of nitrogens with zero attached hydrogens (tertiary/aromatic N) is 3. The Morgan fingerprint density at radius 2 is 1.63 bits per heavy atom. The van der Waals surface area contributed by atoms with Crippen LogP contribution in [0.5, 0.6) is 0 Å². The van der Waals surface area contributed by atoms with Crippen LogP contribution in [0.15, 0.2) is 69.0 Å². The minimum atomic E-state index is -3.82. The van der Waals surface area contributed by atoms with Crippen LogP contribution in [0, 0.1) is 13.8 Å². The van der Waals surface area contributed by atoms with Crippen LogP contribution < -0.4 is 4.72 Å². The van der Waals surface area contributed by atoms with Gasteiger partial charge in [0.1, 0.15) is 0 Å². The van der Waals surface area contributed by atoms with Gasteiger partial charge >= 0.3 is 0 Å². The zero-order valence-electron chi connectivity index (χ0n) is 16.3. The van der Waals surface area contributed by atoms with Crippen molar-refractivity contribution >= 4 is 49.6 Å². The van der Waals surface area contributed by atoms with Crippen LogP contribution in [0.3, 0.4) is 0 Å². The molecule has 0 fully saturated rings. The van der Waals surface area contributed by atoms with Gasteiger partial charge in [0.25, 0.3) is 10.0 Å². The highest BCUT2D eigenvalue weighted by Gasteiger charge is 2.16. The van der Waals surface area contributed by atoms with Gasteiger partial charge in [-0.1, -0.05) is 28.1 Å². The predicted octanol–water partition coefficient (Wildman–Crippen LogP) is 4.63. The predicted molar refractivity (Wildman–Crippen MR) is 120 cm³/mol. The first-order valence-electron chi connectivity index (χ1n) is 8.99. The Hall–Kier alpha value is -2.91. The Morgan fingerprint density at radius 3 is 2.23 bits per heavy atom. The van der Waals surface area contributed by atoms with Gasteiger partial charge < -0.3 is 0 Å². The third-order valence-corrected chi connectivity index (χ3v) is 5.91. The molecule has 0 bridgehead atoms. The number of ketones is 1. The van der Waals surface area contributed by atoms with Gasteiger partial charge in [-0.2, -0.15) is 0 Å². The maximum atomic E-state index is 12.5. The second-order valence-corrected chi connectivity index (χ2v) is 9.12. The molecule has 0 amide bonds. The lowest BCUT2D eigenvalue weighted by atomic mass is 10.1. The number of sulfonamides is 1. The van der Waals surface area contributed by atoms with Gasteiger partial charge in [-0.15, -0.1) is 0 Å². The number of halogens is 1. The second kappa shape index (κ2) is 9.27. The average Bonchev–Trinajstić information content (AvgIpc) is 2.67. The molecule has 0 saturated carbocycles. The molecule has 0 saturated heterocycles. The molecule has 7 nitrogen and oxygen atoms in total. The average molecular weight is 487 g/mol. The summed E-state index contributed by atoms with van der Waals surface area (Å²) in [6.07, 6.45) is 1.66. The molecule has 1 aromatic heterocycles. The zero-order valence-corrected chi connectivity index (χ0v) is 18.7. The van der Waals surface area contributed by atoms with Crippen LogP contribution in [0.4, 0.5) is 11.6 Å². The summed E-state index contributed by atoms with van der Waals surface area (Å²) in [5, 5.41) is 0. The molecule has 0 aliphatic rings. The quantitative estimate of drug-likeness (QED) is 0.387. The van der Waals surface area contributed by atoms with Gasteiger partial charge in [-0.05, 0) is 56.3 Å². The van der Waals surface area contributed by atoms with Crippen LogP contribution in [-0.4, -0.2) is 30.4 Å². The summed E-state index contributed by atoms with van der Waals surface area (Å²) in [6, 6.07) is 14.9. The molecule has 3 aromatic rings. The van der Waals surface area contributed by atoms with Crippen molar-refractivity contribution in [2.24, 2.45) is 4.99 Å². The van der Waals surface area contributed by atoms with E-state index in [0.717, 1.165) is 4.47 Å². The lowest BCUT2D eigenvalue weighted by Gasteiger charge is -2.08. The molecular formula is C21H19BrN4O3S. The number of anilines is 1. The topological polar surface area (TPSA) is 101 Å². The summed E-state index contributed by atoms with van der Waals surface area (Å²) in [7, 11) is -3.82. The van der Waals surface area contributed by atoms with E-state index in [1.807, 2.05) is 0 Å². The fourth-order valence-corrected chi connectivity index (χ4v) is 3.86. The van der Waals surface area contributed by atoms with Crippen molar-refractivity contribution in [1.82, 2.24) is 9.97 Å². The molecule has 0 aliphatic heterocycles. The highest BCUT2D eigenvalue weighted by molar-refractivity contribution is 9.10. The van der Waals surface area contributed by atoms with Crippen molar-refractivity contribution in [3.8, 4) is 0 Å². The smallest absolute Gasteiger partial charge is 0.264 e. The SMILES string of the molecule is Cc1cc(C)nc(NS(=O)(=O)c2ccc(N=CCC(=O)c3ccc(Br)cc3)cc2)n1. The molecule has 9 heteroatoms. The van der Waals surface area contributed by atoms with E-state index in [4.69, 9.17) is 0 Å². The van der Waals surface area contributed by atoms with Crippen LogP contribution in [0.2, 0.25) is 0 Å². The summed E-state index contributed by atoms with van der Waals surface area (Å²) >= 11 is 3.33. The largest absolute Gasteiger partial charge is 0.294 e. The van der Waals surface area contributed by atoms with E-state index in [1.54, 1.807) is 56.3 Å². The van der Waals surface area contributed by atoms with Crippen molar-refractivity contribution in [2.45, 2.75) is 25.2 Å². The standard InChI is InChI=1S/C21H19BrN4O3S/c1-14-13-15(2)25-21(24-14)26-30(28,29)19-9-7-18(8-10-19)23-12-11-20(27)16-3-5-17(22)6-4-16/h3-10,12-13H,11H2,1-2H3,(H,24,25,26). The van der Waals surface area contributed by atoms with Crippen molar-refractivity contribution in [3.05, 3.63) is 76.0 Å². The molecule has 154 valence electrons. The number of nitrogens with one attached hydrogen (secondary N) is 1. The second-order valence-electron chi connectivity index (χ2n) is 6.52. The molecule has 0 unspecified atom stereocenters. The fraction of sp³-hybridized carbons (Fsp3) is 0.143. The number of hydrogen-bond acceptors (Lipinski definition) is 6. The van der Waals surface area contributed by atoms with Gasteiger partial charge in [0.2, 0.25) is 5.95 Å². The summed E-state index contributed by atoms with van der Waals surface area (Å²) < 4.78 is 28.4. The maximum Gasteiger partial charge on any atom is 0.264 e. The minimum Gasteiger partial charge on any atom is -0.294 e. The number of aliphatic imine (C=N–C) groups is 1. The molecule has 3 rings (SSSR count). The zero-order chi connectivity index (χ0) is 21.7. The normalized spacial score (nSPS) is 11.6. The lowest BCUT2D eigenvalue weighted by Crippen LogP contribution is -2.15. The molecule has 30 heavy (non-hydrogen) atoms. The van der Waals surface area contributed by atoms with Crippen LogP contribution in [-0.2, 0) is 10.0 Å². The van der Waals surface area contributed by atoms with Gasteiger partial charge in [0.15, 0.2) is 5.78 Å². The molecular weight excluding hydrogens is 468 g/mol. The van der Waals surface area contributed by atoms with E-state index in [1.165, 1.54) is 18.3 Å². The van der Waals surface area contributed by atoms with Crippen molar-refractivity contribution in [3.63, 3.8) is 0 Å². The molecule has 0 aliphatic carbocycles. The monoisotopic (exact) mass is 486 g/mol. The van der Waals surface area contributed by atoms with Crippen LogP contribution >= 0.6 is 15.9 Å². The van der Waals surface area contributed by atoms with Gasteiger partial charge in [0.05, 0.1) is 10.6 Å². The molecule has 2 aromatic carbocycles. The summed E-state index contributed by atoms with van der Waals surface area (Å²) in [5.41, 5.74) is 2.48. The Bertz CT molecular complexity index is 1170. The number of aryl methyl sites for hydroxylation is 2. The van der Waals surface area contributed by atoms with Gasteiger partial charge in [-0.25, -0.2) is 23.1 Å². The first-order chi connectivity index (χ1) is 14.2. The number of benzene rings is 2. The number of aromatic nitrogens is 2. The minimum absolute atomic E-state index is 0.0288. The Labute approximate surface area is 183 Å². The maximum absolute atomic E-state index is 12.5. The first kappa shape index (κ1) is 21.8. The molecule has 1 N–H and O–H groups in total. The van der Waals surface area contributed by atoms with E-state index in [0.29, 0.717) is 22.6 Å². The van der Waals surface area contributed by atoms with E-state index >= 15 is 0 Å². The van der Waals surface area contributed by atoms with Crippen molar-refractivity contribution in [1.29, 1.82) is 0 Å². The summed E-state index contributed by atoms with van der Waals surface area (Å²) in [4.78, 5) is 24.6. The van der Waals surface area contributed by atoms with E-state index < -0.39 is 10.0 Å². The number of carbonyl (C=O) groups is 1. The summed E-state index contributed by atoms with van der Waals surface area (Å²) in [6.45, 7) is 3.53. The number of rotatable bonds is 7. The van der Waals surface area contributed by atoms with E-state index in [2.05, 4.69) is 35.6 Å². The van der Waals surface area contributed by atoms with Crippen molar-refractivity contribution < 1.29 is 13.2 Å². The third kappa shape index (κ3) is 5.80. The number of carbonyl (C=O) groups excluding carboxylic acids is 1. The van der Waals surface area contributed by atoms with Crippen LogP contribution in [0.25, 0.3) is 0 Å². The van der Waals surface area contributed by atoms with Gasteiger partial charge in [0, 0.05) is 34.1 Å². The molecule has 0 radical (unpaired) electrons. The lowest BCUT2D eigenvalue weighted by molar-refractivity contribution is 0.100. The molecule has 1 heterocycles. The molecule has 0 spiro atoms. The Morgan fingerprint density at radius 1 is 1.03 bits per heavy atom. The fourth-order valence-electron chi connectivity index (χ4n) is 2.65. The van der Waals surface area contributed by atoms with E-state index in [-0.39, 0.29) is 23.0 Å². The summed E-state index contributed by atoms with van der Waals surface area (Å²) in [5.74, 6) is -0.0239. The Balaban J connectivity index is 1.65. The Kier molecular flexibility index (Phi) is 6.73. The first-order valence-corrected chi connectivity index (χ1v) is 11.3. The number of Topliss-reactive ketones (excluding diaryl/α,β-unsaturated/α-hetero) is 1. The van der Waals surface area contributed by atoms with Gasteiger partial charge in [-0.3, -0.25) is 9.79 Å². The molecule has 0 atom stereocenters. The highest BCUT2D eigenvalue weighted by atomic mass is 79.9. The highest BCUT2D eigenvalue weighted by Crippen LogP contribution is 2.19. The van der Waals surface area contributed by atoms with E-state index in [9.17, 15) is 13.2 Å². The number of hydrogen-bond donors (Lipinski definition) is 1.